The number of halogens is 3. The zero-order valence-electron chi connectivity index (χ0n) is 11.2. The molecule has 0 amide bonds. The van der Waals surface area contributed by atoms with E-state index in [1.165, 1.54) is 6.07 Å². The van der Waals surface area contributed by atoms with Gasteiger partial charge in [0.25, 0.3) is 0 Å². The van der Waals surface area contributed by atoms with Gasteiger partial charge in [0.2, 0.25) is 0 Å². The summed E-state index contributed by atoms with van der Waals surface area (Å²) in [6, 6.07) is 11.7. The number of aliphatic hydroxyl groups excluding tert-OH is 2. The molecule has 5 heteroatoms. The molecule has 0 unspecified atom stereocenters. The number of hydrogen-bond acceptors (Lipinski definition) is 2. The molecule has 0 aromatic heterocycles. The van der Waals surface area contributed by atoms with Gasteiger partial charge in [0.15, 0.2) is 0 Å². The average molecular weight is 374 g/mol. The van der Waals surface area contributed by atoms with E-state index < -0.39 is 5.41 Å². The zero-order valence-corrected chi connectivity index (χ0v) is 13.5. The molecule has 0 bridgehead atoms. The van der Waals surface area contributed by atoms with Crippen LogP contribution in [-0.4, -0.2) is 23.4 Å². The van der Waals surface area contributed by atoms with Gasteiger partial charge in [-0.3, -0.25) is 0 Å². The molecule has 2 rings (SSSR count). The Bertz CT molecular complexity index is 612. The lowest BCUT2D eigenvalue weighted by atomic mass is 9.77. The summed E-state index contributed by atoms with van der Waals surface area (Å²) in [6.07, 6.45) is 0.306. The minimum absolute atomic E-state index is 0.256. The van der Waals surface area contributed by atoms with Gasteiger partial charge in [-0.1, -0.05) is 35.9 Å². The molecule has 0 heterocycles. The highest BCUT2D eigenvalue weighted by atomic mass is 79.9. The molecule has 0 spiro atoms. The highest BCUT2D eigenvalue weighted by molar-refractivity contribution is 9.10. The maximum absolute atomic E-state index is 13.6. The van der Waals surface area contributed by atoms with Gasteiger partial charge < -0.3 is 10.2 Å². The van der Waals surface area contributed by atoms with Crippen LogP contribution in [0, 0.1) is 5.82 Å². The van der Waals surface area contributed by atoms with E-state index in [-0.39, 0.29) is 19.0 Å². The van der Waals surface area contributed by atoms with Crippen molar-refractivity contribution in [2.75, 3.05) is 13.2 Å². The van der Waals surface area contributed by atoms with E-state index in [4.69, 9.17) is 11.6 Å². The Morgan fingerprint density at radius 2 is 1.67 bits per heavy atom. The van der Waals surface area contributed by atoms with Gasteiger partial charge in [-0.25, -0.2) is 4.39 Å². The highest BCUT2D eigenvalue weighted by Gasteiger charge is 2.32. The molecule has 0 aliphatic rings. The molecule has 0 atom stereocenters. The summed E-state index contributed by atoms with van der Waals surface area (Å²) in [5.74, 6) is -0.367. The second-order valence-electron chi connectivity index (χ2n) is 4.99. The third-order valence-corrected chi connectivity index (χ3v) is 4.76. The standard InChI is InChI=1S/C16H15BrClFO2/c17-15-11(2-1-3-14(15)19)8-16(9-20,10-21)12-4-6-13(18)7-5-12/h1-7,20-21H,8-10H2. The van der Waals surface area contributed by atoms with Crippen LogP contribution in [0.15, 0.2) is 46.9 Å². The van der Waals surface area contributed by atoms with Crippen LogP contribution in [-0.2, 0) is 11.8 Å². The van der Waals surface area contributed by atoms with Crippen molar-refractivity contribution in [1.82, 2.24) is 0 Å². The lowest BCUT2D eigenvalue weighted by Crippen LogP contribution is -2.37. The van der Waals surface area contributed by atoms with Crippen molar-refractivity contribution < 1.29 is 14.6 Å². The monoisotopic (exact) mass is 372 g/mol. The topological polar surface area (TPSA) is 40.5 Å². The van der Waals surface area contributed by atoms with Gasteiger partial charge in [-0.2, -0.15) is 0 Å². The fourth-order valence-electron chi connectivity index (χ4n) is 2.30. The summed E-state index contributed by atoms with van der Waals surface area (Å²) in [5.41, 5.74) is 0.557. The highest BCUT2D eigenvalue weighted by Crippen LogP contribution is 2.32. The normalized spacial score (nSPS) is 11.7. The van der Waals surface area contributed by atoms with Gasteiger partial charge in [0.05, 0.1) is 17.7 Å². The summed E-state index contributed by atoms with van der Waals surface area (Å²) in [6.45, 7) is -0.512. The first-order valence-electron chi connectivity index (χ1n) is 6.43. The molecule has 112 valence electrons. The van der Waals surface area contributed by atoms with Crippen LogP contribution in [0.1, 0.15) is 11.1 Å². The van der Waals surface area contributed by atoms with Crippen LogP contribution in [0.4, 0.5) is 4.39 Å². The SMILES string of the molecule is OCC(CO)(Cc1cccc(F)c1Br)c1ccc(Cl)cc1. The Balaban J connectivity index is 2.43. The third kappa shape index (κ3) is 3.46. The molecule has 0 aliphatic carbocycles. The first kappa shape index (κ1) is 16.4. The maximum atomic E-state index is 13.6. The van der Waals surface area contributed by atoms with Gasteiger partial charge in [0.1, 0.15) is 5.82 Å². The summed E-state index contributed by atoms with van der Waals surface area (Å²) in [4.78, 5) is 0. The molecular weight excluding hydrogens is 359 g/mol. The van der Waals surface area contributed by atoms with Crippen LogP contribution in [0.3, 0.4) is 0 Å². The van der Waals surface area contributed by atoms with Crippen molar-refractivity contribution in [3.8, 4) is 0 Å². The predicted octanol–water partition coefficient (Wildman–Crippen LogP) is 3.71. The van der Waals surface area contributed by atoms with E-state index in [0.717, 1.165) is 5.56 Å². The molecule has 0 saturated carbocycles. The molecule has 21 heavy (non-hydrogen) atoms. The Morgan fingerprint density at radius 3 is 2.24 bits per heavy atom. The van der Waals surface area contributed by atoms with Gasteiger partial charge in [-0.05, 0) is 51.7 Å². The molecule has 2 aromatic rings. The van der Waals surface area contributed by atoms with Gasteiger partial charge in [-0.15, -0.1) is 0 Å². The summed E-state index contributed by atoms with van der Waals surface area (Å²) in [5, 5.41) is 20.2. The van der Waals surface area contributed by atoms with Crippen molar-refractivity contribution in [1.29, 1.82) is 0 Å². The number of rotatable bonds is 5. The van der Waals surface area contributed by atoms with E-state index in [0.29, 0.717) is 21.5 Å². The minimum Gasteiger partial charge on any atom is -0.395 e. The number of hydrogen-bond donors (Lipinski definition) is 2. The van der Waals surface area contributed by atoms with Crippen LogP contribution in [0.2, 0.25) is 5.02 Å². The Labute approximate surface area is 136 Å². The van der Waals surface area contributed by atoms with E-state index >= 15 is 0 Å². The van der Waals surface area contributed by atoms with E-state index in [2.05, 4.69) is 15.9 Å². The minimum atomic E-state index is -0.888. The maximum Gasteiger partial charge on any atom is 0.137 e. The smallest absolute Gasteiger partial charge is 0.137 e. The molecule has 0 fully saturated rings. The summed E-state index contributed by atoms with van der Waals surface area (Å²) in [7, 11) is 0. The van der Waals surface area contributed by atoms with Crippen LogP contribution in [0.5, 0.6) is 0 Å². The fraction of sp³-hybridized carbons (Fsp3) is 0.250. The van der Waals surface area contributed by atoms with Crippen molar-refractivity contribution in [3.63, 3.8) is 0 Å². The Morgan fingerprint density at radius 1 is 1.05 bits per heavy atom. The lowest BCUT2D eigenvalue weighted by Gasteiger charge is -2.31. The van der Waals surface area contributed by atoms with E-state index in [1.54, 1.807) is 36.4 Å². The fourth-order valence-corrected chi connectivity index (χ4v) is 2.83. The molecule has 2 nitrogen and oxygen atoms in total. The zero-order chi connectivity index (χ0) is 15.5. The van der Waals surface area contributed by atoms with E-state index in [9.17, 15) is 14.6 Å². The Hall–Kier alpha value is -0.940. The van der Waals surface area contributed by atoms with Crippen LogP contribution < -0.4 is 0 Å². The van der Waals surface area contributed by atoms with Crippen molar-refractivity contribution >= 4 is 27.5 Å². The average Bonchev–Trinajstić information content (AvgIpc) is 2.50. The molecule has 0 radical (unpaired) electrons. The lowest BCUT2D eigenvalue weighted by molar-refractivity contribution is 0.116. The molecule has 0 aliphatic heterocycles. The Kier molecular flexibility index (Phi) is 5.38. The molecular formula is C16H15BrClFO2. The van der Waals surface area contributed by atoms with Crippen molar-refractivity contribution in [2.24, 2.45) is 0 Å². The number of benzene rings is 2. The first-order valence-corrected chi connectivity index (χ1v) is 7.60. The third-order valence-electron chi connectivity index (χ3n) is 3.62. The second kappa shape index (κ2) is 6.88. The van der Waals surface area contributed by atoms with Gasteiger partial charge in [0, 0.05) is 10.4 Å². The predicted molar refractivity (Wildman–Crippen MR) is 85.1 cm³/mol. The molecule has 2 aromatic carbocycles. The van der Waals surface area contributed by atoms with E-state index in [1.807, 2.05) is 0 Å². The van der Waals surface area contributed by atoms with Crippen LogP contribution in [0.25, 0.3) is 0 Å². The first-order chi connectivity index (χ1) is 10.0. The van der Waals surface area contributed by atoms with Crippen molar-refractivity contribution in [3.05, 3.63) is 68.9 Å². The van der Waals surface area contributed by atoms with Crippen LogP contribution >= 0.6 is 27.5 Å². The van der Waals surface area contributed by atoms with Gasteiger partial charge >= 0.3 is 0 Å². The quantitative estimate of drug-likeness (QED) is 0.839. The summed E-state index contributed by atoms with van der Waals surface area (Å²) >= 11 is 9.09. The molecule has 0 saturated heterocycles. The largest absolute Gasteiger partial charge is 0.395 e. The summed E-state index contributed by atoms with van der Waals surface area (Å²) < 4.78 is 14.0. The molecule has 2 N–H and O–H groups in total. The van der Waals surface area contributed by atoms with Crippen molar-refractivity contribution in [2.45, 2.75) is 11.8 Å². The number of aliphatic hydroxyl groups is 2. The second-order valence-corrected chi connectivity index (χ2v) is 6.22.